The number of nitrogens with one attached hydrogen (secondary N) is 2. The van der Waals surface area contributed by atoms with Gasteiger partial charge in [0.15, 0.2) is 0 Å². The van der Waals surface area contributed by atoms with Crippen molar-refractivity contribution in [2.75, 3.05) is 25.1 Å². The van der Waals surface area contributed by atoms with Gasteiger partial charge in [-0.25, -0.2) is 9.97 Å². The van der Waals surface area contributed by atoms with E-state index in [1.807, 2.05) is 37.3 Å². The predicted octanol–water partition coefficient (Wildman–Crippen LogP) is 2.30. The van der Waals surface area contributed by atoms with Gasteiger partial charge in [0.05, 0.1) is 18.9 Å². The molecule has 7 heteroatoms. The molecule has 1 aromatic heterocycles. The van der Waals surface area contributed by atoms with E-state index in [0.717, 1.165) is 29.8 Å². The summed E-state index contributed by atoms with van der Waals surface area (Å²) in [6.07, 6.45) is 3.41. The number of fused-ring (bicyclic) bond motifs is 1. The van der Waals surface area contributed by atoms with Crippen molar-refractivity contribution in [3.05, 3.63) is 47.8 Å². The fourth-order valence-electron chi connectivity index (χ4n) is 3.49. The second-order valence-corrected chi connectivity index (χ2v) is 7.24. The van der Waals surface area contributed by atoms with Crippen LogP contribution in [0.3, 0.4) is 0 Å². The Balaban J connectivity index is 1.58. The van der Waals surface area contributed by atoms with Crippen LogP contribution in [0.25, 0.3) is 0 Å². The molecule has 1 atom stereocenters. The summed E-state index contributed by atoms with van der Waals surface area (Å²) >= 11 is 0. The molecule has 1 fully saturated rings. The smallest absolute Gasteiger partial charge is 0.234 e. The number of ether oxygens (including phenoxy) is 2. The summed E-state index contributed by atoms with van der Waals surface area (Å²) in [4.78, 5) is 22.2. The van der Waals surface area contributed by atoms with Crippen molar-refractivity contribution >= 4 is 17.5 Å². The van der Waals surface area contributed by atoms with E-state index in [9.17, 15) is 4.79 Å². The summed E-state index contributed by atoms with van der Waals surface area (Å²) in [5.74, 6) is 0.423. The Morgan fingerprint density at radius 1 is 1.19 bits per heavy atom. The number of anilines is 2. The van der Waals surface area contributed by atoms with Gasteiger partial charge in [-0.2, -0.15) is 0 Å². The van der Waals surface area contributed by atoms with Gasteiger partial charge >= 0.3 is 0 Å². The van der Waals surface area contributed by atoms with E-state index in [1.165, 1.54) is 0 Å². The minimum absolute atomic E-state index is 0.0558. The van der Waals surface area contributed by atoms with Crippen LogP contribution < -0.4 is 10.6 Å². The second kappa shape index (κ2) is 7.62. The summed E-state index contributed by atoms with van der Waals surface area (Å²) < 4.78 is 11.1. The molecule has 0 aliphatic carbocycles. The molecular weight excluding hydrogens is 344 g/mol. The van der Waals surface area contributed by atoms with Gasteiger partial charge in [-0.15, -0.1) is 0 Å². The van der Waals surface area contributed by atoms with E-state index >= 15 is 0 Å². The fourth-order valence-corrected chi connectivity index (χ4v) is 3.49. The Morgan fingerprint density at radius 3 is 2.74 bits per heavy atom. The topological polar surface area (TPSA) is 85.4 Å². The van der Waals surface area contributed by atoms with Crippen LogP contribution in [-0.4, -0.2) is 41.7 Å². The van der Waals surface area contributed by atoms with Gasteiger partial charge in [0.1, 0.15) is 5.41 Å². The van der Waals surface area contributed by atoms with Crippen LogP contribution >= 0.6 is 0 Å². The SMILES string of the molecule is CC1(C(=O)NC2CCOCC2)COCc2cnc(Nc3ccccc3)nc21. The van der Waals surface area contributed by atoms with Gasteiger partial charge in [0, 0.05) is 36.7 Å². The maximum Gasteiger partial charge on any atom is 0.234 e. The number of aromatic nitrogens is 2. The van der Waals surface area contributed by atoms with Crippen LogP contribution in [0.2, 0.25) is 0 Å². The molecule has 1 amide bonds. The molecule has 2 aliphatic rings. The van der Waals surface area contributed by atoms with Crippen LogP contribution in [0, 0.1) is 0 Å². The molecule has 1 aromatic carbocycles. The van der Waals surface area contributed by atoms with Crippen molar-refractivity contribution in [3.63, 3.8) is 0 Å². The van der Waals surface area contributed by atoms with Gasteiger partial charge in [0.25, 0.3) is 0 Å². The highest BCUT2D eigenvalue weighted by Gasteiger charge is 2.42. The van der Waals surface area contributed by atoms with E-state index < -0.39 is 5.41 Å². The molecule has 2 aliphatic heterocycles. The number of rotatable bonds is 4. The number of carbonyl (C=O) groups excluding carboxylic acids is 1. The zero-order chi connectivity index (χ0) is 18.7. The number of carbonyl (C=O) groups is 1. The molecule has 0 spiro atoms. The first-order valence-electron chi connectivity index (χ1n) is 9.30. The number of nitrogens with zero attached hydrogens (tertiary/aromatic N) is 2. The van der Waals surface area contributed by atoms with Crippen molar-refractivity contribution in [2.24, 2.45) is 0 Å². The molecule has 0 bridgehead atoms. The van der Waals surface area contributed by atoms with E-state index in [1.54, 1.807) is 6.20 Å². The highest BCUT2D eigenvalue weighted by atomic mass is 16.5. The van der Waals surface area contributed by atoms with E-state index in [2.05, 4.69) is 20.6 Å². The third-order valence-electron chi connectivity index (χ3n) is 5.12. The van der Waals surface area contributed by atoms with Gasteiger partial charge in [-0.05, 0) is 31.9 Å². The molecule has 2 aromatic rings. The zero-order valence-electron chi connectivity index (χ0n) is 15.4. The number of para-hydroxylation sites is 1. The number of hydrogen-bond acceptors (Lipinski definition) is 6. The Hall–Kier alpha value is -2.51. The van der Waals surface area contributed by atoms with Crippen molar-refractivity contribution in [2.45, 2.75) is 37.8 Å². The Morgan fingerprint density at radius 2 is 1.96 bits per heavy atom. The minimum Gasteiger partial charge on any atom is -0.381 e. The highest BCUT2D eigenvalue weighted by Crippen LogP contribution is 2.32. The Labute approximate surface area is 158 Å². The normalized spacial score (nSPS) is 22.7. The molecule has 1 unspecified atom stereocenters. The summed E-state index contributed by atoms with van der Waals surface area (Å²) in [7, 11) is 0. The number of benzene rings is 1. The average Bonchev–Trinajstić information content (AvgIpc) is 2.70. The van der Waals surface area contributed by atoms with Gasteiger partial charge in [-0.1, -0.05) is 18.2 Å². The summed E-state index contributed by atoms with van der Waals surface area (Å²) in [5.41, 5.74) is 1.64. The second-order valence-electron chi connectivity index (χ2n) is 7.24. The highest BCUT2D eigenvalue weighted by molar-refractivity contribution is 5.88. The van der Waals surface area contributed by atoms with E-state index in [0.29, 0.717) is 32.4 Å². The lowest BCUT2D eigenvalue weighted by atomic mass is 9.82. The predicted molar refractivity (Wildman–Crippen MR) is 101 cm³/mol. The van der Waals surface area contributed by atoms with Gasteiger partial charge in [0.2, 0.25) is 11.9 Å². The van der Waals surface area contributed by atoms with Crippen molar-refractivity contribution in [1.29, 1.82) is 0 Å². The average molecular weight is 368 g/mol. The van der Waals surface area contributed by atoms with Crippen LogP contribution in [-0.2, 0) is 26.3 Å². The van der Waals surface area contributed by atoms with E-state index in [-0.39, 0.29) is 11.9 Å². The standard InChI is InChI=1S/C20H24N4O3/c1-20(18(25)22-16-7-9-26-10-8-16)13-27-12-14-11-21-19(24-17(14)20)23-15-5-3-2-4-6-15/h2-6,11,16H,7-10,12-13H2,1H3,(H,22,25)(H,21,23,24). The fraction of sp³-hybridized carbons (Fsp3) is 0.450. The molecule has 7 nitrogen and oxygen atoms in total. The maximum absolute atomic E-state index is 13.1. The lowest BCUT2D eigenvalue weighted by molar-refractivity contribution is -0.131. The largest absolute Gasteiger partial charge is 0.381 e. The third-order valence-corrected chi connectivity index (χ3v) is 5.12. The first kappa shape index (κ1) is 17.9. The zero-order valence-corrected chi connectivity index (χ0v) is 15.4. The number of amides is 1. The third kappa shape index (κ3) is 3.79. The minimum atomic E-state index is -0.845. The first-order valence-corrected chi connectivity index (χ1v) is 9.30. The Kier molecular flexibility index (Phi) is 5.05. The summed E-state index contributed by atoms with van der Waals surface area (Å²) in [6.45, 7) is 3.97. The van der Waals surface area contributed by atoms with Gasteiger partial charge in [-0.3, -0.25) is 4.79 Å². The van der Waals surface area contributed by atoms with Crippen LogP contribution in [0.5, 0.6) is 0 Å². The molecule has 142 valence electrons. The lowest BCUT2D eigenvalue weighted by Crippen LogP contribution is -2.52. The Bertz CT molecular complexity index is 808. The molecule has 27 heavy (non-hydrogen) atoms. The van der Waals surface area contributed by atoms with Crippen molar-refractivity contribution in [3.8, 4) is 0 Å². The number of hydrogen-bond donors (Lipinski definition) is 2. The molecule has 1 saturated heterocycles. The van der Waals surface area contributed by atoms with Crippen LogP contribution in [0.15, 0.2) is 36.5 Å². The maximum atomic E-state index is 13.1. The van der Waals surface area contributed by atoms with Crippen LogP contribution in [0.4, 0.5) is 11.6 Å². The summed E-state index contributed by atoms with van der Waals surface area (Å²) in [6, 6.07) is 9.87. The quantitative estimate of drug-likeness (QED) is 0.861. The molecule has 4 rings (SSSR count). The summed E-state index contributed by atoms with van der Waals surface area (Å²) in [5, 5.41) is 6.36. The van der Waals surface area contributed by atoms with Crippen molar-refractivity contribution in [1.82, 2.24) is 15.3 Å². The lowest BCUT2D eigenvalue weighted by Gasteiger charge is -2.35. The molecular formula is C20H24N4O3. The molecule has 3 heterocycles. The molecule has 2 N–H and O–H groups in total. The first-order chi connectivity index (χ1) is 13.1. The van der Waals surface area contributed by atoms with Crippen LogP contribution in [0.1, 0.15) is 31.0 Å². The van der Waals surface area contributed by atoms with E-state index in [4.69, 9.17) is 9.47 Å². The molecule has 0 saturated carbocycles. The monoisotopic (exact) mass is 368 g/mol. The molecule has 0 radical (unpaired) electrons. The van der Waals surface area contributed by atoms with Crippen molar-refractivity contribution < 1.29 is 14.3 Å². The van der Waals surface area contributed by atoms with Gasteiger partial charge < -0.3 is 20.1 Å².